The van der Waals surface area contributed by atoms with Gasteiger partial charge in [-0.15, -0.1) is 0 Å². The number of hydrogen-bond donors (Lipinski definition) is 9. The van der Waals surface area contributed by atoms with Crippen LogP contribution in [-0.2, 0) is 64.1 Å². The number of halogens is 2. The highest BCUT2D eigenvalue weighted by Crippen LogP contribution is 2.41. The normalized spacial score (nSPS) is 14.4. The van der Waals surface area contributed by atoms with Crippen LogP contribution >= 0.6 is 0 Å². The molecule has 432 valence electrons. The molecular weight excluding hydrogens is 1050 g/mol. The molecule has 10 amide bonds. The Morgan fingerprint density at radius 3 is 1.99 bits per heavy atom. The minimum Gasteiger partial charge on any atom is -0.481 e. The second-order valence-corrected chi connectivity index (χ2v) is 19.9. The number of carboxylic acid groups (broad SMARTS) is 2. The number of likely N-dealkylation sites (N-methyl/N-ethyl adjacent to an activating group) is 1. The van der Waals surface area contributed by atoms with E-state index in [2.05, 4.69) is 26.6 Å². The third-order valence-corrected chi connectivity index (χ3v) is 12.8. The number of benzene rings is 2. The molecule has 0 spiro atoms. The number of primary amides is 1. The Kier molecular flexibility index (Phi) is 22.8. The standard InChI is InChI=1S/C53H66F2N10O15/c1-29(58-42(69)27-65-43(70)15-16-44(65)71)51(78)62(6)30(2)48(75)61-38(24-40(56)67)50(77)60-36(49(76)57-20-18-41(68)59-37(52(79)80)14-17-46(73)74)19-21-64(45(72)28-66)47(53(3,4)5)39-22-32(34-23-33(54)12-13-35(34)55)26-63(39)25-31-10-8-7-9-11-31/h7-13,15-16,22-23,26,29-30,36-38,47,66H,14,17-21,24-25,27-28H2,1-6H3,(H2,56,67)(H,57,76)(H,58,69)(H,59,68)(H,60,77)(H,61,75)(H,73,74)(H,79,80)/t29-,30-,36-,37+,38-,47-/m0/s1. The van der Waals surface area contributed by atoms with Crippen molar-refractivity contribution in [2.24, 2.45) is 11.1 Å². The Labute approximate surface area is 458 Å². The van der Waals surface area contributed by atoms with Crippen molar-refractivity contribution in [3.05, 3.63) is 95.8 Å². The summed E-state index contributed by atoms with van der Waals surface area (Å²) in [4.78, 5) is 157. The van der Waals surface area contributed by atoms with Gasteiger partial charge in [0.15, 0.2) is 0 Å². The topological polar surface area (TPSA) is 366 Å². The highest BCUT2D eigenvalue weighted by molar-refractivity contribution is 6.14. The van der Waals surface area contributed by atoms with E-state index in [1.807, 2.05) is 12.1 Å². The van der Waals surface area contributed by atoms with E-state index >= 15 is 4.39 Å². The summed E-state index contributed by atoms with van der Waals surface area (Å²) in [5.74, 6) is -13.8. The number of nitrogens with zero attached hydrogens (tertiary/aromatic N) is 4. The van der Waals surface area contributed by atoms with E-state index in [1.165, 1.54) is 25.8 Å². The first kappa shape index (κ1) is 63.7. The molecule has 2 heterocycles. The number of carbonyl (C=O) groups excluding carboxylic acids is 10. The van der Waals surface area contributed by atoms with Gasteiger partial charge in [0.25, 0.3) is 11.8 Å². The molecule has 0 saturated heterocycles. The summed E-state index contributed by atoms with van der Waals surface area (Å²) in [6.45, 7) is 5.15. The zero-order valence-electron chi connectivity index (χ0n) is 44.8. The molecule has 27 heteroatoms. The van der Waals surface area contributed by atoms with Gasteiger partial charge in [-0.3, -0.25) is 57.6 Å². The largest absolute Gasteiger partial charge is 0.481 e. The average Bonchev–Trinajstić information content (AvgIpc) is 4.11. The van der Waals surface area contributed by atoms with E-state index in [-0.39, 0.29) is 17.7 Å². The SMILES string of the molecule is C[C@H](NC(=O)CN1C(=O)C=CC1=O)C(=O)N(C)[C@@H](C)C(=O)N[C@@H](CC(N)=O)C(=O)N[C@@H](CCN(C(=O)CO)[C@@H](c1cc(-c2cc(F)ccc2F)cn1Cc1ccccc1)C(C)(C)C)C(=O)NCCC(=O)N[C@H](CCC(=O)O)C(=O)O. The number of carbonyl (C=O) groups is 12. The summed E-state index contributed by atoms with van der Waals surface area (Å²) in [7, 11) is 1.18. The van der Waals surface area contributed by atoms with Crippen molar-refractivity contribution in [1.29, 1.82) is 0 Å². The molecule has 80 heavy (non-hydrogen) atoms. The first-order valence-electron chi connectivity index (χ1n) is 25.1. The number of nitrogens with one attached hydrogen (secondary N) is 5. The number of imide groups is 1. The molecule has 0 aliphatic carbocycles. The fourth-order valence-corrected chi connectivity index (χ4v) is 8.58. The van der Waals surface area contributed by atoms with Crippen molar-refractivity contribution in [2.75, 3.05) is 33.3 Å². The van der Waals surface area contributed by atoms with E-state index in [4.69, 9.17) is 10.8 Å². The van der Waals surface area contributed by atoms with Crippen LogP contribution in [0, 0.1) is 17.0 Å². The molecule has 0 saturated carbocycles. The molecule has 2 aromatic carbocycles. The first-order valence-corrected chi connectivity index (χ1v) is 25.1. The zero-order valence-corrected chi connectivity index (χ0v) is 44.8. The van der Waals surface area contributed by atoms with Crippen LogP contribution < -0.4 is 32.3 Å². The number of amides is 10. The first-order chi connectivity index (χ1) is 37.5. The predicted molar refractivity (Wildman–Crippen MR) is 278 cm³/mol. The van der Waals surface area contributed by atoms with Gasteiger partial charge in [-0.1, -0.05) is 51.1 Å². The van der Waals surface area contributed by atoms with Gasteiger partial charge in [0.2, 0.25) is 47.3 Å². The second-order valence-electron chi connectivity index (χ2n) is 19.9. The van der Waals surface area contributed by atoms with Gasteiger partial charge in [-0.05, 0) is 61.9 Å². The highest BCUT2D eigenvalue weighted by Gasteiger charge is 2.39. The summed E-state index contributed by atoms with van der Waals surface area (Å²) < 4.78 is 31.7. The Morgan fingerprint density at radius 1 is 0.762 bits per heavy atom. The third-order valence-electron chi connectivity index (χ3n) is 12.8. The Bertz CT molecular complexity index is 2850. The van der Waals surface area contributed by atoms with E-state index < -0.39 is 183 Å². The third kappa shape index (κ3) is 18.1. The van der Waals surface area contributed by atoms with Crippen molar-refractivity contribution in [1.82, 2.24) is 45.9 Å². The summed E-state index contributed by atoms with van der Waals surface area (Å²) in [5, 5.41) is 40.7. The molecule has 0 unspecified atom stereocenters. The van der Waals surface area contributed by atoms with Crippen molar-refractivity contribution in [3.8, 4) is 11.1 Å². The van der Waals surface area contributed by atoms with Gasteiger partial charge in [0.05, 0.1) is 12.5 Å². The predicted octanol–water partition coefficient (Wildman–Crippen LogP) is -0.158. The van der Waals surface area contributed by atoms with Crippen LogP contribution in [0.3, 0.4) is 0 Å². The summed E-state index contributed by atoms with van der Waals surface area (Å²) in [6, 6.07) is 4.48. The summed E-state index contributed by atoms with van der Waals surface area (Å²) in [6.07, 6.45) is 0.478. The fraction of sp³-hybridized carbons (Fsp3) is 0.434. The van der Waals surface area contributed by atoms with Crippen LogP contribution in [-0.4, -0.2) is 169 Å². The second kappa shape index (κ2) is 28.7. The molecule has 3 aromatic rings. The van der Waals surface area contributed by atoms with Gasteiger partial charge in [0, 0.05) is 74.7 Å². The lowest BCUT2D eigenvalue weighted by atomic mass is 9.82. The van der Waals surface area contributed by atoms with E-state index in [1.54, 1.807) is 55.8 Å². The molecule has 1 aromatic heterocycles. The Hall–Kier alpha value is -8.88. The van der Waals surface area contributed by atoms with Crippen molar-refractivity contribution < 1.29 is 81.6 Å². The quantitative estimate of drug-likeness (QED) is 0.0408. The van der Waals surface area contributed by atoms with Crippen molar-refractivity contribution >= 4 is 71.0 Å². The lowest BCUT2D eigenvalue weighted by Gasteiger charge is -2.41. The van der Waals surface area contributed by atoms with Crippen LogP contribution in [0.5, 0.6) is 0 Å². The fourth-order valence-electron chi connectivity index (χ4n) is 8.58. The van der Waals surface area contributed by atoms with Gasteiger partial charge in [-0.25, -0.2) is 13.6 Å². The van der Waals surface area contributed by atoms with Gasteiger partial charge >= 0.3 is 11.9 Å². The Morgan fingerprint density at radius 2 is 1.40 bits per heavy atom. The van der Waals surface area contributed by atoms with Gasteiger partial charge in [0.1, 0.15) is 55.0 Å². The molecule has 0 fully saturated rings. The minimum absolute atomic E-state index is 0.105. The maximum absolute atomic E-state index is 15.4. The molecule has 0 bridgehead atoms. The number of nitrogens with two attached hydrogens (primary N) is 1. The highest BCUT2D eigenvalue weighted by atomic mass is 19.1. The van der Waals surface area contributed by atoms with E-state index in [0.29, 0.717) is 10.6 Å². The molecule has 10 N–H and O–H groups in total. The molecule has 6 atom stereocenters. The molecule has 1 aliphatic heterocycles. The summed E-state index contributed by atoms with van der Waals surface area (Å²) >= 11 is 0. The molecule has 4 rings (SSSR count). The minimum atomic E-state index is -1.85. The number of aromatic nitrogens is 1. The monoisotopic (exact) mass is 1120 g/mol. The number of hydrogen-bond acceptors (Lipinski definition) is 13. The maximum atomic E-state index is 15.4. The Balaban J connectivity index is 1.68. The molecule has 1 aliphatic rings. The van der Waals surface area contributed by atoms with E-state index in [0.717, 1.165) is 40.8 Å². The van der Waals surface area contributed by atoms with Crippen molar-refractivity contribution in [2.45, 2.75) is 110 Å². The van der Waals surface area contributed by atoms with E-state index in [9.17, 15) is 72.1 Å². The smallest absolute Gasteiger partial charge is 0.326 e. The average molecular weight is 1120 g/mol. The number of rotatable bonds is 29. The van der Waals surface area contributed by atoms with Crippen LogP contribution in [0.4, 0.5) is 8.78 Å². The number of aliphatic carboxylic acids is 2. The lowest BCUT2D eigenvalue weighted by molar-refractivity contribution is -0.144. The van der Waals surface area contributed by atoms with Gasteiger partial charge < -0.3 is 62.0 Å². The van der Waals surface area contributed by atoms with Crippen molar-refractivity contribution in [3.63, 3.8) is 0 Å². The number of aliphatic hydroxyl groups is 1. The zero-order chi connectivity index (χ0) is 59.8. The van der Waals surface area contributed by atoms with Crippen LogP contribution in [0.15, 0.2) is 72.9 Å². The molecular formula is C53H66F2N10O15. The van der Waals surface area contributed by atoms with Crippen LogP contribution in [0.2, 0.25) is 0 Å². The van der Waals surface area contributed by atoms with Gasteiger partial charge in [-0.2, -0.15) is 0 Å². The lowest BCUT2D eigenvalue weighted by Crippen LogP contribution is -2.58. The number of aliphatic hydroxyl groups excluding tert-OH is 1. The number of carboxylic acids is 2. The summed E-state index contributed by atoms with van der Waals surface area (Å²) in [5.41, 5.74) is 5.79. The molecule has 25 nitrogen and oxygen atoms in total. The maximum Gasteiger partial charge on any atom is 0.326 e. The van der Waals surface area contributed by atoms with Crippen LogP contribution in [0.1, 0.15) is 84.0 Å². The van der Waals surface area contributed by atoms with Crippen LogP contribution in [0.25, 0.3) is 11.1 Å². The molecule has 0 radical (unpaired) electrons.